The van der Waals surface area contributed by atoms with Crippen LogP contribution in [0.4, 0.5) is 5.69 Å². The molecule has 1 atom stereocenters. The molecule has 1 amide bonds. The fourth-order valence-electron chi connectivity index (χ4n) is 2.87. The van der Waals surface area contributed by atoms with Gasteiger partial charge >= 0.3 is 0 Å². The van der Waals surface area contributed by atoms with E-state index in [-0.39, 0.29) is 12.1 Å². The van der Waals surface area contributed by atoms with Gasteiger partial charge in [-0.25, -0.2) is 4.98 Å². The van der Waals surface area contributed by atoms with Crippen molar-refractivity contribution in [3.8, 4) is 10.7 Å². The van der Waals surface area contributed by atoms with Gasteiger partial charge in [0.05, 0.1) is 17.0 Å². The molecule has 0 bridgehead atoms. The highest BCUT2D eigenvalue weighted by atomic mass is 32.1. The van der Waals surface area contributed by atoms with E-state index in [4.69, 9.17) is 4.98 Å². The first-order chi connectivity index (χ1) is 11.8. The Balaban J connectivity index is 1.71. The molecule has 1 N–H and O–H groups in total. The summed E-state index contributed by atoms with van der Waals surface area (Å²) in [7, 11) is 0. The Kier molecular flexibility index (Phi) is 3.74. The molecule has 1 aromatic carbocycles. The number of benzene rings is 1. The largest absolute Gasteiger partial charge is 0.359 e. The molecule has 0 radical (unpaired) electrons. The summed E-state index contributed by atoms with van der Waals surface area (Å²) in [4.78, 5) is 23.6. The number of fused-ring (bicyclic) bond motifs is 1. The van der Waals surface area contributed by atoms with Gasteiger partial charge in [0.15, 0.2) is 0 Å². The number of carbonyl (C=O) groups is 1. The molecule has 24 heavy (non-hydrogen) atoms. The highest BCUT2D eigenvalue weighted by Crippen LogP contribution is 2.34. The van der Waals surface area contributed by atoms with Crippen LogP contribution in [-0.2, 0) is 0 Å². The van der Waals surface area contributed by atoms with Crippen LogP contribution in [0.15, 0.2) is 54.0 Å². The minimum Gasteiger partial charge on any atom is -0.359 e. The average Bonchev–Trinajstić information content (AvgIpc) is 3.12. The standard InChI is InChI=1S/C18H16N4OS/c1-2-22-16(20-13-8-4-3-7-12(13)18(22)23)15-11-24-17(21-15)14-9-5-6-10-19-14/h3-11,16,20H,2H2,1H3/t16-/m0/s1. The van der Waals surface area contributed by atoms with E-state index in [0.29, 0.717) is 12.1 Å². The summed E-state index contributed by atoms with van der Waals surface area (Å²) < 4.78 is 0. The number of nitrogens with zero attached hydrogens (tertiary/aromatic N) is 3. The summed E-state index contributed by atoms with van der Waals surface area (Å²) in [6, 6.07) is 13.4. The Morgan fingerprint density at radius 3 is 2.83 bits per heavy atom. The van der Waals surface area contributed by atoms with Crippen LogP contribution in [-0.4, -0.2) is 27.3 Å². The summed E-state index contributed by atoms with van der Waals surface area (Å²) in [6.45, 7) is 2.59. The summed E-state index contributed by atoms with van der Waals surface area (Å²) in [6.07, 6.45) is 1.50. The van der Waals surface area contributed by atoms with Gasteiger partial charge in [-0.15, -0.1) is 11.3 Å². The van der Waals surface area contributed by atoms with Gasteiger partial charge in [-0.05, 0) is 31.2 Å². The number of rotatable bonds is 3. The number of para-hydroxylation sites is 1. The summed E-state index contributed by atoms with van der Waals surface area (Å²) in [5.74, 6) is 0.0317. The minimum absolute atomic E-state index is 0.0317. The highest BCUT2D eigenvalue weighted by Gasteiger charge is 2.33. The van der Waals surface area contributed by atoms with Crippen LogP contribution in [0, 0.1) is 0 Å². The zero-order valence-corrected chi connectivity index (χ0v) is 14.0. The van der Waals surface area contributed by atoms with Crippen molar-refractivity contribution >= 4 is 22.9 Å². The first-order valence-corrected chi connectivity index (χ1v) is 8.69. The van der Waals surface area contributed by atoms with E-state index in [1.165, 1.54) is 11.3 Å². The number of pyridine rings is 1. The van der Waals surface area contributed by atoms with Crippen molar-refractivity contribution in [2.75, 3.05) is 11.9 Å². The third kappa shape index (κ3) is 2.45. The van der Waals surface area contributed by atoms with Crippen LogP contribution < -0.4 is 5.32 Å². The number of hydrogen-bond acceptors (Lipinski definition) is 5. The summed E-state index contributed by atoms with van der Waals surface area (Å²) in [5.41, 5.74) is 3.24. The number of nitrogens with one attached hydrogen (secondary N) is 1. The van der Waals surface area contributed by atoms with E-state index in [9.17, 15) is 4.79 Å². The number of aromatic nitrogens is 2. The van der Waals surface area contributed by atoms with Crippen molar-refractivity contribution in [3.63, 3.8) is 0 Å². The molecule has 2 aromatic heterocycles. The maximum absolute atomic E-state index is 12.8. The van der Waals surface area contributed by atoms with Crippen molar-refractivity contribution in [2.24, 2.45) is 0 Å². The molecule has 120 valence electrons. The Morgan fingerprint density at radius 1 is 1.21 bits per heavy atom. The number of thiazole rings is 1. The predicted molar refractivity (Wildman–Crippen MR) is 94.9 cm³/mol. The van der Waals surface area contributed by atoms with Crippen LogP contribution in [0.3, 0.4) is 0 Å². The second kappa shape index (κ2) is 6.05. The lowest BCUT2D eigenvalue weighted by molar-refractivity contribution is 0.0692. The molecular formula is C18H16N4OS. The summed E-state index contributed by atoms with van der Waals surface area (Å²) in [5, 5.41) is 6.29. The second-order valence-electron chi connectivity index (χ2n) is 5.48. The fraction of sp³-hybridized carbons (Fsp3) is 0.167. The van der Waals surface area contributed by atoms with Crippen molar-refractivity contribution in [1.82, 2.24) is 14.9 Å². The molecule has 6 heteroatoms. The summed E-state index contributed by atoms with van der Waals surface area (Å²) >= 11 is 1.54. The quantitative estimate of drug-likeness (QED) is 0.790. The number of hydrogen-bond donors (Lipinski definition) is 1. The third-order valence-corrected chi connectivity index (χ3v) is 4.93. The van der Waals surface area contributed by atoms with E-state index in [2.05, 4.69) is 10.3 Å². The molecule has 0 spiro atoms. The lowest BCUT2D eigenvalue weighted by Gasteiger charge is -2.36. The van der Waals surface area contributed by atoms with Gasteiger partial charge in [-0.3, -0.25) is 9.78 Å². The Bertz CT molecular complexity index is 877. The molecule has 0 unspecified atom stereocenters. The smallest absolute Gasteiger partial charge is 0.257 e. The molecular weight excluding hydrogens is 320 g/mol. The molecule has 1 aliphatic heterocycles. The van der Waals surface area contributed by atoms with Crippen LogP contribution >= 0.6 is 11.3 Å². The molecule has 3 heterocycles. The van der Waals surface area contributed by atoms with Gasteiger partial charge in [-0.2, -0.15) is 0 Å². The van der Waals surface area contributed by atoms with E-state index >= 15 is 0 Å². The molecule has 1 aliphatic rings. The number of amides is 1. The molecule has 0 aliphatic carbocycles. The van der Waals surface area contributed by atoms with Crippen LogP contribution in [0.5, 0.6) is 0 Å². The van der Waals surface area contributed by atoms with Crippen LogP contribution in [0.2, 0.25) is 0 Å². The fourth-order valence-corrected chi connectivity index (χ4v) is 3.68. The number of carbonyl (C=O) groups excluding carboxylic acids is 1. The first kappa shape index (κ1) is 14.8. The normalized spacial score (nSPS) is 16.6. The predicted octanol–water partition coefficient (Wildman–Crippen LogP) is 3.79. The Hall–Kier alpha value is -2.73. The third-order valence-electron chi connectivity index (χ3n) is 4.05. The van der Waals surface area contributed by atoms with Gasteiger partial charge in [0, 0.05) is 23.8 Å². The topological polar surface area (TPSA) is 58.1 Å². The van der Waals surface area contributed by atoms with E-state index in [1.54, 1.807) is 11.1 Å². The van der Waals surface area contributed by atoms with E-state index in [0.717, 1.165) is 22.1 Å². The van der Waals surface area contributed by atoms with Crippen LogP contribution in [0.1, 0.15) is 29.1 Å². The van der Waals surface area contributed by atoms with Gasteiger partial charge in [0.2, 0.25) is 0 Å². The first-order valence-electron chi connectivity index (χ1n) is 7.81. The molecule has 0 saturated heterocycles. The molecule has 0 fully saturated rings. The van der Waals surface area contributed by atoms with E-state index < -0.39 is 0 Å². The zero-order valence-electron chi connectivity index (χ0n) is 13.1. The number of anilines is 1. The van der Waals surface area contributed by atoms with Crippen molar-refractivity contribution in [2.45, 2.75) is 13.1 Å². The SMILES string of the molecule is CCN1C(=O)c2ccccc2N[C@@H]1c1csc(-c2ccccn2)n1. The molecule has 5 nitrogen and oxygen atoms in total. The van der Waals surface area contributed by atoms with E-state index in [1.807, 2.05) is 54.8 Å². The van der Waals surface area contributed by atoms with Gasteiger partial charge in [0.25, 0.3) is 5.91 Å². The minimum atomic E-state index is -0.258. The van der Waals surface area contributed by atoms with Crippen LogP contribution in [0.25, 0.3) is 10.7 Å². The lowest BCUT2D eigenvalue weighted by atomic mass is 10.1. The maximum atomic E-state index is 12.8. The molecule has 4 rings (SSSR count). The van der Waals surface area contributed by atoms with Gasteiger partial charge < -0.3 is 10.2 Å². The van der Waals surface area contributed by atoms with Crippen molar-refractivity contribution < 1.29 is 4.79 Å². The van der Waals surface area contributed by atoms with Crippen molar-refractivity contribution in [3.05, 3.63) is 65.3 Å². The zero-order chi connectivity index (χ0) is 16.5. The van der Waals surface area contributed by atoms with Crippen molar-refractivity contribution in [1.29, 1.82) is 0 Å². The lowest BCUT2D eigenvalue weighted by Crippen LogP contribution is -2.42. The Labute approximate surface area is 144 Å². The highest BCUT2D eigenvalue weighted by molar-refractivity contribution is 7.13. The second-order valence-corrected chi connectivity index (χ2v) is 6.33. The average molecular weight is 336 g/mol. The molecule has 0 saturated carbocycles. The van der Waals surface area contributed by atoms with Gasteiger partial charge in [-0.1, -0.05) is 18.2 Å². The Morgan fingerprint density at radius 2 is 2.04 bits per heavy atom. The maximum Gasteiger partial charge on any atom is 0.257 e. The molecule has 3 aromatic rings. The van der Waals surface area contributed by atoms with Gasteiger partial charge in [0.1, 0.15) is 11.2 Å². The monoisotopic (exact) mass is 336 g/mol.